The average molecular weight is 247 g/mol. The van der Waals surface area contributed by atoms with Crippen LogP contribution in [0.25, 0.3) is 0 Å². The van der Waals surface area contributed by atoms with Gasteiger partial charge in [-0.25, -0.2) is 0 Å². The van der Waals surface area contributed by atoms with E-state index in [0.29, 0.717) is 18.6 Å². The molecule has 0 amide bonds. The summed E-state index contributed by atoms with van der Waals surface area (Å²) in [4.78, 5) is 22.5. The summed E-state index contributed by atoms with van der Waals surface area (Å²) in [5.74, 6) is 0.569. The van der Waals surface area contributed by atoms with Crippen LogP contribution in [0, 0.1) is 5.41 Å². The molecular weight excluding hydrogens is 224 g/mol. The predicted octanol–water partition coefficient (Wildman–Crippen LogP) is 3.75. The number of hydrogen-bond acceptors (Lipinski definition) is 2. The van der Waals surface area contributed by atoms with Crippen molar-refractivity contribution in [1.82, 2.24) is 0 Å². The summed E-state index contributed by atoms with van der Waals surface area (Å²) >= 11 is 5.39. The summed E-state index contributed by atoms with van der Waals surface area (Å²) in [5.41, 5.74) is -0.214. The molecule has 3 heteroatoms. The highest BCUT2D eigenvalue weighted by Crippen LogP contribution is 2.18. The second-order valence-electron chi connectivity index (χ2n) is 5.26. The molecule has 0 unspecified atom stereocenters. The van der Waals surface area contributed by atoms with Gasteiger partial charge in [-0.2, -0.15) is 0 Å². The molecule has 0 spiro atoms. The van der Waals surface area contributed by atoms with Gasteiger partial charge in [0.25, 0.3) is 0 Å². The molecule has 0 aromatic rings. The Hall–Kier alpha value is -0.370. The van der Waals surface area contributed by atoms with Gasteiger partial charge in [-0.15, -0.1) is 11.6 Å². The van der Waals surface area contributed by atoms with Crippen molar-refractivity contribution in [2.75, 3.05) is 5.88 Å². The molecule has 0 fully saturated rings. The van der Waals surface area contributed by atoms with E-state index in [4.69, 9.17) is 11.6 Å². The molecule has 0 aliphatic heterocycles. The van der Waals surface area contributed by atoms with E-state index >= 15 is 0 Å². The van der Waals surface area contributed by atoms with Crippen molar-refractivity contribution in [1.29, 1.82) is 0 Å². The SMILES string of the molecule is CC(C)(C)C(=O)CCCCCCC(=O)CCl. The molecule has 0 bridgehead atoms. The van der Waals surface area contributed by atoms with Crippen LogP contribution in [0.15, 0.2) is 0 Å². The molecule has 0 aliphatic rings. The van der Waals surface area contributed by atoms with Gasteiger partial charge in [-0.1, -0.05) is 33.6 Å². The minimum absolute atomic E-state index is 0.118. The molecule has 0 saturated heterocycles. The Morgan fingerprint density at radius 2 is 1.44 bits per heavy atom. The van der Waals surface area contributed by atoms with Gasteiger partial charge in [-0.05, 0) is 12.8 Å². The Bertz CT molecular complexity index is 229. The number of carbonyl (C=O) groups excluding carboxylic acids is 2. The largest absolute Gasteiger partial charge is 0.299 e. The first-order chi connectivity index (χ1) is 7.38. The number of halogens is 1. The van der Waals surface area contributed by atoms with E-state index in [2.05, 4.69) is 0 Å². The quantitative estimate of drug-likeness (QED) is 0.483. The molecule has 0 radical (unpaired) electrons. The fourth-order valence-electron chi connectivity index (χ4n) is 1.40. The number of ketones is 2. The number of unbranched alkanes of at least 4 members (excludes halogenated alkanes) is 3. The highest BCUT2D eigenvalue weighted by molar-refractivity contribution is 6.27. The molecule has 0 N–H and O–H groups in total. The monoisotopic (exact) mass is 246 g/mol. The van der Waals surface area contributed by atoms with Crippen molar-refractivity contribution in [3.8, 4) is 0 Å². The summed E-state index contributed by atoms with van der Waals surface area (Å²) in [6.45, 7) is 5.86. The summed E-state index contributed by atoms with van der Waals surface area (Å²) < 4.78 is 0. The van der Waals surface area contributed by atoms with E-state index in [1.165, 1.54) is 0 Å². The first-order valence-corrected chi connectivity index (χ1v) is 6.52. The van der Waals surface area contributed by atoms with Crippen molar-refractivity contribution in [3.63, 3.8) is 0 Å². The average Bonchev–Trinajstić information content (AvgIpc) is 2.20. The third-order valence-corrected chi connectivity index (χ3v) is 2.89. The fourth-order valence-corrected chi connectivity index (χ4v) is 1.54. The van der Waals surface area contributed by atoms with Gasteiger partial charge in [0.2, 0.25) is 0 Å². The number of rotatable bonds is 8. The Balaban J connectivity index is 3.41. The van der Waals surface area contributed by atoms with Gasteiger partial charge in [0.15, 0.2) is 0 Å². The molecule has 0 aromatic carbocycles. The van der Waals surface area contributed by atoms with E-state index < -0.39 is 0 Å². The van der Waals surface area contributed by atoms with Crippen LogP contribution >= 0.6 is 11.6 Å². The van der Waals surface area contributed by atoms with Crippen LogP contribution in [0.1, 0.15) is 59.3 Å². The van der Waals surface area contributed by atoms with E-state index in [-0.39, 0.29) is 17.1 Å². The standard InChI is InChI=1S/C13H23ClO2/c1-13(2,3)12(16)9-7-5-4-6-8-11(15)10-14/h4-10H2,1-3H3. The molecule has 0 heterocycles. The lowest BCUT2D eigenvalue weighted by Gasteiger charge is -2.16. The molecule has 0 saturated carbocycles. The van der Waals surface area contributed by atoms with E-state index in [1.807, 2.05) is 20.8 Å². The molecule has 0 atom stereocenters. The zero-order valence-corrected chi connectivity index (χ0v) is 11.4. The molecular formula is C13H23ClO2. The van der Waals surface area contributed by atoms with Crippen LogP contribution in [0.4, 0.5) is 0 Å². The van der Waals surface area contributed by atoms with Crippen molar-refractivity contribution in [2.45, 2.75) is 59.3 Å². The summed E-state index contributed by atoms with van der Waals surface area (Å²) in [5, 5.41) is 0. The molecule has 2 nitrogen and oxygen atoms in total. The number of Topliss-reactive ketones (excluding diaryl/α,β-unsaturated/α-hetero) is 2. The lowest BCUT2D eigenvalue weighted by atomic mass is 9.88. The van der Waals surface area contributed by atoms with Gasteiger partial charge in [0.05, 0.1) is 5.88 Å². The number of hydrogen-bond donors (Lipinski definition) is 0. The minimum Gasteiger partial charge on any atom is -0.299 e. The van der Waals surface area contributed by atoms with Crippen LogP contribution in [0.3, 0.4) is 0 Å². The lowest BCUT2D eigenvalue weighted by molar-refractivity contribution is -0.126. The third-order valence-electron chi connectivity index (χ3n) is 2.60. The third kappa shape index (κ3) is 7.86. The Morgan fingerprint density at radius 3 is 1.88 bits per heavy atom. The van der Waals surface area contributed by atoms with Crippen LogP contribution in [0.5, 0.6) is 0 Å². The van der Waals surface area contributed by atoms with Crippen molar-refractivity contribution in [2.24, 2.45) is 5.41 Å². The first kappa shape index (κ1) is 15.6. The Kier molecular flexibility index (Phi) is 7.65. The maximum Gasteiger partial charge on any atom is 0.147 e. The van der Waals surface area contributed by atoms with E-state index in [0.717, 1.165) is 25.7 Å². The predicted molar refractivity (Wildman–Crippen MR) is 67.9 cm³/mol. The van der Waals surface area contributed by atoms with Gasteiger partial charge < -0.3 is 0 Å². The van der Waals surface area contributed by atoms with Gasteiger partial charge in [0, 0.05) is 18.3 Å². The minimum atomic E-state index is -0.214. The van der Waals surface area contributed by atoms with Gasteiger partial charge in [0.1, 0.15) is 11.6 Å². The van der Waals surface area contributed by atoms with Gasteiger partial charge in [-0.3, -0.25) is 9.59 Å². The molecule has 0 rings (SSSR count). The molecule has 0 aliphatic carbocycles. The van der Waals surface area contributed by atoms with Crippen LogP contribution in [-0.2, 0) is 9.59 Å². The van der Waals surface area contributed by atoms with Crippen molar-refractivity contribution >= 4 is 23.2 Å². The molecule has 16 heavy (non-hydrogen) atoms. The van der Waals surface area contributed by atoms with Crippen LogP contribution in [-0.4, -0.2) is 17.4 Å². The second-order valence-corrected chi connectivity index (χ2v) is 5.53. The Labute approximate surface area is 104 Å². The molecule has 0 aromatic heterocycles. The number of carbonyl (C=O) groups is 2. The van der Waals surface area contributed by atoms with Crippen molar-refractivity contribution in [3.05, 3.63) is 0 Å². The fraction of sp³-hybridized carbons (Fsp3) is 0.846. The summed E-state index contributed by atoms with van der Waals surface area (Å²) in [6.07, 6.45) is 5.11. The zero-order chi connectivity index (χ0) is 12.6. The highest BCUT2D eigenvalue weighted by Gasteiger charge is 2.19. The van der Waals surface area contributed by atoms with E-state index in [9.17, 15) is 9.59 Å². The van der Waals surface area contributed by atoms with Crippen LogP contribution < -0.4 is 0 Å². The second kappa shape index (κ2) is 7.83. The lowest BCUT2D eigenvalue weighted by Crippen LogP contribution is -2.19. The number of alkyl halides is 1. The maximum absolute atomic E-state index is 11.6. The van der Waals surface area contributed by atoms with Gasteiger partial charge >= 0.3 is 0 Å². The zero-order valence-electron chi connectivity index (χ0n) is 10.6. The highest BCUT2D eigenvalue weighted by atomic mass is 35.5. The summed E-state index contributed by atoms with van der Waals surface area (Å²) in [7, 11) is 0. The van der Waals surface area contributed by atoms with Crippen LogP contribution in [0.2, 0.25) is 0 Å². The maximum atomic E-state index is 11.6. The topological polar surface area (TPSA) is 34.1 Å². The Morgan fingerprint density at radius 1 is 0.938 bits per heavy atom. The van der Waals surface area contributed by atoms with E-state index in [1.54, 1.807) is 0 Å². The summed E-state index contributed by atoms with van der Waals surface area (Å²) in [6, 6.07) is 0. The molecule has 94 valence electrons. The smallest absolute Gasteiger partial charge is 0.147 e. The first-order valence-electron chi connectivity index (χ1n) is 5.99. The normalized spacial score (nSPS) is 11.5. The van der Waals surface area contributed by atoms with Crippen molar-refractivity contribution < 1.29 is 9.59 Å².